The van der Waals surface area contributed by atoms with Gasteiger partial charge in [-0.05, 0) is 160 Å². The Labute approximate surface area is 556 Å². The molecular formula is C66H84F6N8O17. The molecule has 4 amide bonds. The van der Waals surface area contributed by atoms with E-state index in [0.717, 1.165) is 6.07 Å². The lowest BCUT2D eigenvalue weighted by Gasteiger charge is -2.32. The van der Waals surface area contributed by atoms with Gasteiger partial charge in [-0.3, -0.25) is 4.79 Å². The van der Waals surface area contributed by atoms with E-state index >= 15 is 26.3 Å². The number of aryl methyl sites for hydroxylation is 2. The van der Waals surface area contributed by atoms with Crippen LogP contribution in [0.2, 0.25) is 0 Å². The molecule has 0 saturated heterocycles. The first-order chi connectivity index (χ1) is 44.9. The Morgan fingerprint density at radius 2 is 1.20 bits per heavy atom. The molecule has 2 N–H and O–H groups in total. The van der Waals surface area contributed by atoms with Crippen molar-refractivity contribution in [3.63, 3.8) is 0 Å². The number of amides is 4. The average molecular weight is 1380 g/mol. The Morgan fingerprint density at radius 1 is 0.691 bits per heavy atom. The number of H-pyrrole nitrogens is 1. The Morgan fingerprint density at radius 3 is 1.70 bits per heavy atom. The zero-order valence-electron chi connectivity index (χ0n) is 57.0. The molecule has 97 heavy (non-hydrogen) atoms. The van der Waals surface area contributed by atoms with Gasteiger partial charge in [0.2, 0.25) is 5.88 Å². The van der Waals surface area contributed by atoms with Crippen LogP contribution in [0.15, 0.2) is 86.4 Å². The third-order valence-electron chi connectivity index (χ3n) is 13.4. The van der Waals surface area contributed by atoms with Gasteiger partial charge in [-0.2, -0.15) is 36.1 Å². The maximum atomic E-state index is 15.1. The topological polar surface area (TPSA) is 302 Å². The molecule has 0 saturated carbocycles. The highest BCUT2D eigenvalue weighted by atomic mass is 19.4. The maximum absolute atomic E-state index is 15.1. The molecule has 7 rings (SSSR count). The lowest BCUT2D eigenvalue weighted by molar-refractivity contribution is -0.311. The van der Waals surface area contributed by atoms with Gasteiger partial charge in [-0.15, -0.1) is 20.4 Å². The molecule has 2 unspecified atom stereocenters. The number of aliphatic hydroxyl groups excluding tert-OH is 1. The number of alkyl halides is 6. The molecule has 31 heteroatoms. The Hall–Kier alpha value is -8.52. The molecule has 0 radical (unpaired) electrons. The number of hydrogen-bond acceptors (Lipinski definition) is 22. The number of carbonyl (C=O) groups is 4. The van der Waals surface area contributed by atoms with Gasteiger partial charge in [0.05, 0.1) is 50.0 Å². The molecule has 25 nitrogen and oxygen atoms in total. The third-order valence-corrected chi connectivity index (χ3v) is 13.4. The van der Waals surface area contributed by atoms with Crippen LogP contribution in [-0.2, 0) is 62.3 Å². The third kappa shape index (κ3) is 21.2. The van der Waals surface area contributed by atoms with Crippen LogP contribution in [0, 0.1) is 13.8 Å². The summed E-state index contributed by atoms with van der Waals surface area (Å²) in [6, 6.07) is 18.9. The average Bonchev–Trinajstić information content (AvgIpc) is 1.72. The predicted molar refractivity (Wildman–Crippen MR) is 337 cm³/mol. The number of imide groups is 2. The number of pyridine rings is 2. The van der Waals surface area contributed by atoms with Gasteiger partial charge in [-0.25, -0.2) is 24.2 Å². The smallest absolute Gasteiger partial charge is 0.428 e. The molecule has 0 spiro atoms. The van der Waals surface area contributed by atoms with Gasteiger partial charge in [0.1, 0.15) is 28.1 Å². The summed E-state index contributed by atoms with van der Waals surface area (Å²) in [6.07, 6.45) is -14.8. The van der Waals surface area contributed by atoms with Crippen LogP contribution >= 0.6 is 0 Å². The second kappa shape index (κ2) is 31.3. The number of nitrogens with zero attached hydrogens (tertiary/aromatic N) is 7. The van der Waals surface area contributed by atoms with Gasteiger partial charge in [0.25, 0.3) is 40.3 Å². The number of aliphatic hydroxyl groups is 1. The van der Waals surface area contributed by atoms with Crippen LogP contribution in [0.3, 0.4) is 0 Å². The number of carbonyl (C=O) groups excluding carboxylic acids is 4. The molecule has 1 aliphatic heterocycles. The molecule has 1 aliphatic rings. The fraction of sp³-hybridized carbons (Fsp3) is 0.545. The van der Waals surface area contributed by atoms with Crippen molar-refractivity contribution in [2.45, 2.75) is 208 Å². The number of fused-ring (bicyclic) bond motifs is 5. The molecule has 532 valence electrons. The molecule has 4 bridgehead atoms. The largest absolute Gasteiger partial charge is 0.474 e. The summed E-state index contributed by atoms with van der Waals surface area (Å²) >= 11 is 0. The lowest BCUT2D eigenvalue weighted by Crippen LogP contribution is -2.49. The molecular weight excluding hydrogens is 1290 g/mol. The van der Waals surface area contributed by atoms with Crippen LogP contribution in [0.5, 0.6) is 5.88 Å². The van der Waals surface area contributed by atoms with Crippen LogP contribution < -0.4 is 20.1 Å². The number of rotatable bonds is 16. The zero-order valence-corrected chi connectivity index (χ0v) is 57.0. The lowest BCUT2D eigenvalue weighted by atomic mass is 10.0. The van der Waals surface area contributed by atoms with Crippen LogP contribution in [0.1, 0.15) is 157 Å². The first-order valence-electron chi connectivity index (χ1n) is 30.9. The van der Waals surface area contributed by atoms with Crippen molar-refractivity contribution >= 4 is 35.7 Å². The molecule has 2 aromatic carbocycles. The van der Waals surface area contributed by atoms with E-state index < -0.39 is 144 Å². The second-order valence-electron chi connectivity index (χ2n) is 26.8. The summed E-state index contributed by atoms with van der Waals surface area (Å²) in [4.78, 5) is 74.9. The number of halogens is 6. The molecule has 4 aromatic heterocycles. The van der Waals surface area contributed by atoms with E-state index in [1.54, 1.807) is 165 Å². The van der Waals surface area contributed by atoms with Crippen LogP contribution in [-0.4, -0.2) is 133 Å². The van der Waals surface area contributed by atoms with Crippen molar-refractivity contribution in [2.75, 3.05) is 36.2 Å². The number of nitrogens with one attached hydrogen (secondary N) is 1. The van der Waals surface area contributed by atoms with Crippen LogP contribution in [0.4, 0.5) is 56.9 Å². The number of hydrogen-bond donors (Lipinski definition) is 2. The summed E-state index contributed by atoms with van der Waals surface area (Å²) in [7, 11) is 0. The van der Waals surface area contributed by atoms with E-state index in [0.29, 0.717) is 39.3 Å². The first kappa shape index (κ1) is 77.5. The quantitative estimate of drug-likeness (QED) is 0.0517. The Balaban J connectivity index is 0.000000306. The monoisotopic (exact) mass is 1370 g/mol. The van der Waals surface area contributed by atoms with E-state index in [2.05, 4.69) is 30.4 Å². The van der Waals surface area contributed by atoms with Crippen molar-refractivity contribution in [2.24, 2.45) is 0 Å². The number of ether oxygens (including phenoxy) is 9. The second-order valence-corrected chi connectivity index (χ2v) is 26.8. The fourth-order valence-electron chi connectivity index (χ4n) is 8.83. The van der Waals surface area contributed by atoms with Crippen molar-refractivity contribution in [3.8, 4) is 29.0 Å². The standard InChI is InChI=1S/C33H43F3N4O9.C33H41F3N4O8/c1-20-17-23(40(28(43)48-30(3,4)5)29(44)49-31(6,7)8)24(37-25(20)42)26-38-39-27(47-26)32(33(34,35)36,19-45-16-12-13-21(2)41)46-18-22-14-10-9-11-15-22;1-20-17-23(40(28(41)47-30(3,4)5)29(42)48-31(6,7)8)24-26-38-39-27(46-26)32(33(34,35)36,44-18-22-14-10-9-11-15-22)19-43-16-12-13-21(2)45-25(20)37-24/h9-11,14-15,17,21,41H,12-13,16,18-19H2,1-8H3,(H,37,42);9-11,14-15,17,21H,12-13,16,18-19H2,1-8H3/t2*21-,32?/m01/s1. The van der Waals surface area contributed by atoms with Crippen molar-refractivity contribution in [1.29, 1.82) is 0 Å². The highest BCUT2D eigenvalue weighted by molar-refractivity contribution is 6.12. The van der Waals surface area contributed by atoms with Gasteiger partial charge in [0.15, 0.2) is 5.69 Å². The first-order valence-corrected chi connectivity index (χ1v) is 30.9. The van der Waals surface area contributed by atoms with E-state index in [1.807, 2.05) is 0 Å². The highest BCUT2D eigenvalue weighted by Crippen LogP contribution is 2.47. The summed E-state index contributed by atoms with van der Waals surface area (Å²) in [5.41, 5.74) is -11.7. The van der Waals surface area contributed by atoms with Gasteiger partial charge in [0, 0.05) is 24.3 Å². The highest BCUT2D eigenvalue weighted by Gasteiger charge is 2.63. The normalized spacial score (nSPS) is 16.6. The minimum Gasteiger partial charge on any atom is -0.474 e. The SMILES string of the molecule is Cc1cc(N(C(=O)OC(C)(C)C)C(=O)OC(C)(C)C)c(-c2nnc(C(COCCC[C@H](C)O)(OCc3ccccc3)C(F)(F)F)o2)[nH]c1=O.Cc1cc(N(C(=O)OC(C)(C)C)C(=O)OC(C)(C)C)c2nc1O[C@H](C)CCCOCC(OCc1ccccc1)(C(F)(F)F)c1nnc-2o1. The summed E-state index contributed by atoms with van der Waals surface area (Å²) in [5, 5.41) is 24.7. The van der Waals surface area contributed by atoms with E-state index in [4.69, 9.17) is 51.5 Å². The van der Waals surface area contributed by atoms with E-state index in [1.165, 1.54) is 13.0 Å². The zero-order chi connectivity index (χ0) is 72.3. The molecule has 6 aromatic rings. The van der Waals surface area contributed by atoms with Gasteiger partial charge >= 0.3 is 36.7 Å². The number of aromatic nitrogens is 6. The van der Waals surface area contributed by atoms with E-state index in [9.17, 15) is 29.1 Å². The molecule has 5 heterocycles. The predicted octanol–water partition coefficient (Wildman–Crippen LogP) is 14.2. The van der Waals surface area contributed by atoms with Crippen molar-refractivity contribution in [1.82, 2.24) is 30.4 Å². The Bertz CT molecular complexity index is 3630. The van der Waals surface area contributed by atoms with Gasteiger partial charge in [-0.1, -0.05) is 60.7 Å². The van der Waals surface area contributed by atoms with E-state index in [-0.39, 0.29) is 54.6 Å². The Kier molecular flexibility index (Phi) is 25.0. The number of benzene rings is 2. The number of aromatic amines is 1. The molecule has 0 fully saturated rings. The minimum absolute atomic E-state index is 0.0250. The molecule has 4 atom stereocenters. The number of anilines is 2. The van der Waals surface area contributed by atoms with Crippen molar-refractivity contribution in [3.05, 3.63) is 117 Å². The van der Waals surface area contributed by atoms with Crippen molar-refractivity contribution < 1.29 is 102 Å². The van der Waals surface area contributed by atoms with Crippen LogP contribution in [0.25, 0.3) is 23.2 Å². The summed E-state index contributed by atoms with van der Waals surface area (Å²) in [6.45, 7) is 22.0. The summed E-state index contributed by atoms with van der Waals surface area (Å²) in [5.74, 6) is -3.23. The maximum Gasteiger partial charge on any atom is 0.428 e. The minimum atomic E-state index is -5.18. The molecule has 0 aliphatic carbocycles. The van der Waals surface area contributed by atoms with Gasteiger partial charge < -0.3 is 61.6 Å². The fourth-order valence-corrected chi connectivity index (χ4v) is 8.83. The summed E-state index contributed by atoms with van der Waals surface area (Å²) < 4.78 is 152.